The molecule has 0 aliphatic carbocycles. The van der Waals surface area contributed by atoms with Crippen LogP contribution in [0.4, 0.5) is 0 Å². The molecule has 2 N–H and O–H groups in total. The molecule has 1 aromatic heterocycles. The quantitative estimate of drug-likeness (QED) is 0.671. The first-order valence-corrected chi connectivity index (χ1v) is 8.29. The van der Waals surface area contributed by atoms with E-state index in [0.717, 1.165) is 11.1 Å². The average molecular weight is 351 g/mol. The van der Waals surface area contributed by atoms with Crippen molar-refractivity contribution in [3.63, 3.8) is 0 Å². The molecule has 3 aromatic rings. The summed E-state index contributed by atoms with van der Waals surface area (Å²) in [6, 6.07) is 19.8. The zero-order valence-electron chi connectivity index (χ0n) is 13.4. The van der Waals surface area contributed by atoms with Crippen LogP contribution in [-0.2, 0) is 6.42 Å². The van der Waals surface area contributed by atoms with Gasteiger partial charge in [-0.3, -0.25) is 4.79 Å². The van der Waals surface area contributed by atoms with Gasteiger partial charge in [0.1, 0.15) is 0 Å². The standard InChI is InChI=1S/C20H17NO3S/c22-18-17(25)11-13-24-19(18)20(23)21-12-10-14-6-8-16(9-7-14)15-4-2-1-3-5-15/h1-9,11,13,22H,10,12H2,(H,21,23). The van der Waals surface area contributed by atoms with E-state index in [9.17, 15) is 9.90 Å². The molecular weight excluding hydrogens is 334 g/mol. The number of rotatable bonds is 5. The van der Waals surface area contributed by atoms with Crippen molar-refractivity contribution in [2.75, 3.05) is 6.54 Å². The highest BCUT2D eigenvalue weighted by molar-refractivity contribution is 7.71. The Morgan fingerprint density at radius 3 is 2.40 bits per heavy atom. The second-order valence-electron chi connectivity index (χ2n) is 5.53. The number of amides is 1. The van der Waals surface area contributed by atoms with Gasteiger partial charge >= 0.3 is 0 Å². The van der Waals surface area contributed by atoms with E-state index in [1.807, 2.05) is 30.3 Å². The SMILES string of the molecule is O=C(NCCc1ccc(-c2ccccc2)cc1)c1occc(=S)c1O. The lowest BCUT2D eigenvalue weighted by Gasteiger charge is -2.07. The second kappa shape index (κ2) is 7.77. The third-order valence-electron chi connectivity index (χ3n) is 3.82. The predicted molar refractivity (Wildman–Crippen MR) is 99.1 cm³/mol. The molecule has 0 spiro atoms. The molecule has 0 aliphatic rings. The van der Waals surface area contributed by atoms with Crippen molar-refractivity contribution in [2.24, 2.45) is 0 Å². The van der Waals surface area contributed by atoms with E-state index in [0.29, 0.717) is 13.0 Å². The number of hydrogen-bond donors (Lipinski definition) is 2. The van der Waals surface area contributed by atoms with Crippen LogP contribution in [0, 0.1) is 4.51 Å². The largest absolute Gasteiger partial charge is 0.503 e. The number of aromatic hydroxyl groups is 1. The van der Waals surface area contributed by atoms with Crippen molar-refractivity contribution < 1.29 is 14.3 Å². The molecule has 4 nitrogen and oxygen atoms in total. The molecule has 0 aliphatic heterocycles. The molecular formula is C20H17NO3S. The normalized spacial score (nSPS) is 10.4. The van der Waals surface area contributed by atoms with Crippen LogP contribution < -0.4 is 5.32 Å². The average Bonchev–Trinajstić information content (AvgIpc) is 2.65. The number of carbonyl (C=O) groups excluding carboxylic acids is 1. The van der Waals surface area contributed by atoms with Crippen LogP contribution in [0.2, 0.25) is 0 Å². The van der Waals surface area contributed by atoms with Crippen LogP contribution in [0.25, 0.3) is 11.1 Å². The second-order valence-corrected chi connectivity index (χ2v) is 5.97. The van der Waals surface area contributed by atoms with Crippen LogP contribution in [0.1, 0.15) is 16.1 Å². The molecule has 0 bridgehead atoms. The van der Waals surface area contributed by atoms with Crippen LogP contribution in [0.5, 0.6) is 5.75 Å². The Balaban J connectivity index is 1.58. The Bertz CT molecular complexity index is 918. The summed E-state index contributed by atoms with van der Waals surface area (Å²) in [6.07, 6.45) is 1.97. The van der Waals surface area contributed by atoms with Crippen LogP contribution >= 0.6 is 12.2 Å². The number of hydrogen-bond acceptors (Lipinski definition) is 4. The van der Waals surface area contributed by atoms with Crippen molar-refractivity contribution in [3.8, 4) is 16.9 Å². The van der Waals surface area contributed by atoms with Crippen molar-refractivity contribution in [2.45, 2.75) is 6.42 Å². The Morgan fingerprint density at radius 2 is 1.68 bits per heavy atom. The third kappa shape index (κ3) is 4.14. The van der Waals surface area contributed by atoms with Gasteiger partial charge in [-0.15, -0.1) is 0 Å². The van der Waals surface area contributed by atoms with Gasteiger partial charge in [0.05, 0.1) is 10.8 Å². The van der Waals surface area contributed by atoms with Gasteiger partial charge in [-0.05, 0) is 29.2 Å². The lowest BCUT2D eigenvalue weighted by molar-refractivity contribution is 0.0919. The van der Waals surface area contributed by atoms with Crippen molar-refractivity contribution in [3.05, 3.63) is 82.8 Å². The lowest BCUT2D eigenvalue weighted by Crippen LogP contribution is -2.25. The number of nitrogens with one attached hydrogen (secondary N) is 1. The summed E-state index contributed by atoms with van der Waals surface area (Å²) in [5, 5.41) is 12.5. The van der Waals surface area contributed by atoms with Crippen molar-refractivity contribution in [1.29, 1.82) is 0 Å². The van der Waals surface area contributed by atoms with Crippen molar-refractivity contribution in [1.82, 2.24) is 5.32 Å². The molecule has 2 aromatic carbocycles. The van der Waals surface area contributed by atoms with Crippen LogP contribution in [0.15, 0.2) is 71.3 Å². The van der Waals surface area contributed by atoms with E-state index in [4.69, 9.17) is 16.6 Å². The van der Waals surface area contributed by atoms with Gasteiger partial charge in [0.2, 0.25) is 5.76 Å². The summed E-state index contributed by atoms with van der Waals surface area (Å²) in [4.78, 5) is 12.0. The van der Waals surface area contributed by atoms with E-state index in [-0.39, 0.29) is 16.0 Å². The molecule has 0 radical (unpaired) electrons. The van der Waals surface area contributed by atoms with Gasteiger partial charge in [0.25, 0.3) is 5.91 Å². The topological polar surface area (TPSA) is 62.5 Å². The first-order chi connectivity index (χ1) is 12.1. The Kier molecular flexibility index (Phi) is 5.26. The summed E-state index contributed by atoms with van der Waals surface area (Å²) in [5.41, 5.74) is 3.43. The summed E-state index contributed by atoms with van der Waals surface area (Å²) < 4.78 is 5.23. The van der Waals surface area contributed by atoms with Gasteiger partial charge in [-0.2, -0.15) is 0 Å². The highest BCUT2D eigenvalue weighted by Crippen LogP contribution is 2.20. The molecule has 1 amide bonds. The molecule has 0 saturated heterocycles. The highest BCUT2D eigenvalue weighted by atomic mass is 32.1. The van der Waals surface area contributed by atoms with Gasteiger partial charge in [0, 0.05) is 6.54 Å². The maximum absolute atomic E-state index is 12.0. The molecule has 25 heavy (non-hydrogen) atoms. The number of carbonyl (C=O) groups is 1. The van der Waals surface area contributed by atoms with Crippen LogP contribution in [0.3, 0.4) is 0 Å². The zero-order valence-corrected chi connectivity index (χ0v) is 14.3. The molecule has 0 unspecified atom stereocenters. The molecule has 0 atom stereocenters. The van der Waals surface area contributed by atoms with Gasteiger partial charge in [-0.25, -0.2) is 0 Å². The zero-order chi connectivity index (χ0) is 17.6. The minimum absolute atomic E-state index is 0.160. The smallest absolute Gasteiger partial charge is 0.290 e. The van der Waals surface area contributed by atoms with Gasteiger partial charge in [-0.1, -0.05) is 66.8 Å². The van der Waals surface area contributed by atoms with Crippen LogP contribution in [-0.4, -0.2) is 17.6 Å². The fourth-order valence-corrected chi connectivity index (χ4v) is 2.61. The molecule has 5 heteroatoms. The fraction of sp³-hybridized carbons (Fsp3) is 0.100. The Morgan fingerprint density at radius 1 is 1.00 bits per heavy atom. The lowest BCUT2D eigenvalue weighted by atomic mass is 10.0. The molecule has 1 heterocycles. The monoisotopic (exact) mass is 351 g/mol. The summed E-state index contributed by atoms with van der Waals surface area (Å²) in [5.74, 6) is -0.945. The minimum atomic E-state index is -0.481. The van der Waals surface area contributed by atoms with E-state index in [1.54, 1.807) is 0 Å². The molecule has 126 valence electrons. The number of benzene rings is 2. The maximum atomic E-state index is 12.0. The van der Waals surface area contributed by atoms with E-state index >= 15 is 0 Å². The molecule has 3 rings (SSSR count). The molecule has 0 fully saturated rings. The van der Waals surface area contributed by atoms with E-state index in [2.05, 4.69) is 29.6 Å². The molecule has 0 saturated carbocycles. The van der Waals surface area contributed by atoms with Gasteiger partial charge in [0.15, 0.2) is 5.75 Å². The predicted octanol–water partition coefficient (Wildman–Crippen LogP) is 4.35. The van der Waals surface area contributed by atoms with E-state index in [1.165, 1.54) is 17.9 Å². The fourth-order valence-electron chi connectivity index (χ4n) is 2.47. The van der Waals surface area contributed by atoms with Crippen molar-refractivity contribution >= 4 is 18.1 Å². The Labute approximate surface area is 150 Å². The Hall–Kier alpha value is -2.92. The first-order valence-electron chi connectivity index (χ1n) is 7.88. The third-order valence-corrected chi connectivity index (χ3v) is 4.15. The summed E-state index contributed by atoms with van der Waals surface area (Å²) in [6.45, 7) is 0.431. The van der Waals surface area contributed by atoms with E-state index < -0.39 is 5.91 Å². The van der Waals surface area contributed by atoms with Gasteiger partial charge < -0.3 is 14.8 Å². The summed E-state index contributed by atoms with van der Waals surface area (Å²) in [7, 11) is 0. The highest BCUT2D eigenvalue weighted by Gasteiger charge is 2.14. The maximum Gasteiger partial charge on any atom is 0.290 e. The minimum Gasteiger partial charge on any atom is -0.503 e. The first kappa shape index (κ1) is 16.9. The summed E-state index contributed by atoms with van der Waals surface area (Å²) >= 11 is 4.91.